The lowest BCUT2D eigenvalue weighted by molar-refractivity contribution is 0.0513. The Morgan fingerprint density at radius 1 is 1.41 bits per heavy atom. The first kappa shape index (κ1) is 13.3. The summed E-state index contributed by atoms with van der Waals surface area (Å²) in [4.78, 5) is 8.73. The maximum absolute atomic E-state index is 11.4. The Morgan fingerprint density at radius 2 is 2.23 bits per heavy atom. The second kappa shape index (κ2) is 4.30. The van der Waals surface area contributed by atoms with Gasteiger partial charge in [-0.2, -0.15) is 5.10 Å². The molecule has 22 heavy (non-hydrogen) atoms. The molecule has 7 nitrogen and oxygen atoms in total. The minimum absolute atomic E-state index is 0.421. The summed E-state index contributed by atoms with van der Waals surface area (Å²) >= 11 is 0. The lowest BCUT2D eigenvalue weighted by Gasteiger charge is -2.31. The molecule has 1 atom stereocenters. The van der Waals surface area contributed by atoms with Crippen LogP contribution in [-0.2, 0) is 19.1 Å². The summed E-state index contributed by atoms with van der Waals surface area (Å²) in [5, 5.41) is 15.7. The molecule has 1 aliphatic rings. The number of aromatic nitrogens is 5. The summed E-state index contributed by atoms with van der Waals surface area (Å²) in [6.07, 6.45) is 7.59. The number of aliphatic hydroxyl groups is 1. The van der Waals surface area contributed by atoms with Crippen molar-refractivity contribution in [1.82, 2.24) is 24.1 Å². The number of aryl methyl sites for hydroxylation is 2. The second-order valence-corrected chi connectivity index (χ2v) is 5.89. The molecule has 3 heterocycles. The third-order valence-electron chi connectivity index (χ3n) is 4.59. The van der Waals surface area contributed by atoms with Crippen molar-refractivity contribution in [1.29, 1.82) is 0 Å². The quantitative estimate of drug-likeness (QED) is 0.697. The molecule has 1 unspecified atom stereocenters. The standard InChI is InChI=1S/C15H18N6O/c1-9-12-13(16)17-6-7-21(12)14(19-9)15(22)5-3-4-11-10(15)8-18-20(11)2/h6-8,22H,3-5H2,1-2H3,(H2,16,17). The number of nitrogens with zero attached hydrogens (tertiary/aromatic N) is 5. The highest BCUT2D eigenvalue weighted by atomic mass is 16.3. The van der Waals surface area contributed by atoms with Gasteiger partial charge in [0, 0.05) is 30.7 Å². The van der Waals surface area contributed by atoms with Crippen molar-refractivity contribution in [2.45, 2.75) is 31.8 Å². The van der Waals surface area contributed by atoms with Gasteiger partial charge in [-0.1, -0.05) is 0 Å². The van der Waals surface area contributed by atoms with Crippen LogP contribution in [0, 0.1) is 6.92 Å². The fourth-order valence-corrected chi connectivity index (χ4v) is 3.52. The van der Waals surface area contributed by atoms with E-state index < -0.39 is 5.60 Å². The third kappa shape index (κ3) is 1.57. The first-order chi connectivity index (χ1) is 10.5. The molecular weight excluding hydrogens is 280 g/mol. The van der Waals surface area contributed by atoms with Gasteiger partial charge < -0.3 is 10.8 Å². The molecule has 0 aliphatic heterocycles. The number of nitrogens with two attached hydrogens (primary N) is 1. The normalized spacial score (nSPS) is 21.2. The van der Waals surface area contributed by atoms with Crippen molar-refractivity contribution in [3.05, 3.63) is 41.4 Å². The number of hydrogen-bond acceptors (Lipinski definition) is 5. The Balaban J connectivity index is 2.02. The lowest BCUT2D eigenvalue weighted by Crippen LogP contribution is -2.34. The molecule has 1 aliphatic carbocycles. The van der Waals surface area contributed by atoms with Crippen LogP contribution in [0.5, 0.6) is 0 Å². The minimum Gasteiger partial charge on any atom is -0.382 e. The molecule has 0 saturated heterocycles. The van der Waals surface area contributed by atoms with E-state index in [1.54, 1.807) is 18.6 Å². The van der Waals surface area contributed by atoms with Crippen LogP contribution in [0.2, 0.25) is 0 Å². The Bertz CT molecular complexity index is 880. The highest BCUT2D eigenvalue weighted by Gasteiger charge is 2.42. The third-order valence-corrected chi connectivity index (χ3v) is 4.59. The van der Waals surface area contributed by atoms with E-state index in [4.69, 9.17) is 5.73 Å². The highest BCUT2D eigenvalue weighted by Crippen LogP contribution is 2.40. The van der Waals surface area contributed by atoms with E-state index in [-0.39, 0.29) is 0 Å². The largest absolute Gasteiger partial charge is 0.382 e. The van der Waals surface area contributed by atoms with E-state index in [1.165, 1.54) is 0 Å². The van der Waals surface area contributed by atoms with Crippen LogP contribution in [0.25, 0.3) is 5.52 Å². The molecule has 0 spiro atoms. The maximum atomic E-state index is 11.4. The maximum Gasteiger partial charge on any atom is 0.151 e. The number of hydrogen-bond donors (Lipinski definition) is 2. The molecule has 0 bridgehead atoms. The van der Waals surface area contributed by atoms with Gasteiger partial charge in [0.05, 0.1) is 11.9 Å². The van der Waals surface area contributed by atoms with Gasteiger partial charge in [0.25, 0.3) is 0 Å². The minimum atomic E-state index is -1.15. The Kier molecular flexibility index (Phi) is 2.59. The van der Waals surface area contributed by atoms with Crippen LogP contribution in [0.3, 0.4) is 0 Å². The van der Waals surface area contributed by atoms with E-state index in [1.807, 2.05) is 23.1 Å². The van der Waals surface area contributed by atoms with Crippen LogP contribution in [0.1, 0.15) is 35.6 Å². The molecule has 0 radical (unpaired) electrons. The highest BCUT2D eigenvalue weighted by molar-refractivity contribution is 5.69. The number of anilines is 1. The molecule has 0 aromatic carbocycles. The average Bonchev–Trinajstić information content (AvgIpc) is 3.03. The van der Waals surface area contributed by atoms with Gasteiger partial charge in [0.15, 0.2) is 11.4 Å². The summed E-state index contributed by atoms with van der Waals surface area (Å²) in [5.41, 5.74) is 8.24. The van der Waals surface area contributed by atoms with Crippen molar-refractivity contribution < 1.29 is 5.11 Å². The molecular formula is C15H18N6O. The lowest BCUT2D eigenvalue weighted by atomic mass is 9.82. The van der Waals surface area contributed by atoms with Gasteiger partial charge in [-0.15, -0.1) is 0 Å². The van der Waals surface area contributed by atoms with Gasteiger partial charge in [-0.05, 0) is 26.2 Å². The van der Waals surface area contributed by atoms with E-state index >= 15 is 0 Å². The SMILES string of the molecule is Cc1nc(C2(O)CCCc3c2cnn3C)n2ccnc(N)c12. The van der Waals surface area contributed by atoms with Crippen molar-refractivity contribution in [2.24, 2.45) is 7.05 Å². The fraction of sp³-hybridized carbons (Fsp3) is 0.400. The zero-order valence-electron chi connectivity index (χ0n) is 12.6. The molecule has 0 amide bonds. The number of nitrogen functional groups attached to an aromatic ring is 1. The van der Waals surface area contributed by atoms with Crippen LogP contribution >= 0.6 is 0 Å². The Labute approximate surface area is 127 Å². The second-order valence-electron chi connectivity index (χ2n) is 5.89. The zero-order chi connectivity index (χ0) is 15.5. The van der Waals surface area contributed by atoms with Crippen LogP contribution in [0.15, 0.2) is 18.6 Å². The number of rotatable bonds is 1. The van der Waals surface area contributed by atoms with E-state index in [9.17, 15) is 5.11 Å². The van der Waals surface area contributed by atoms with Gasteiger partial charge in [-0.25, -0.2) is 9.97 Å². The van der Waals surface area contributed by atoms with E-state index in [0.717, 1.165) is 35.3 Å². The van der Waals surface area contributed by atoms with Crippen molar-refractivity contribution >= 4 is 11.3 Å². The summed E-state index contributed by atoms with van der Waals surface area (Å²) in [6, 6.07) is 0. The molecule has 0 fully saturated rings. The average molecular weight is 298 g/mol. The van der Waals surface area contributed by atoms with Crippen molar-refractivity contribution in [3.8, 4) is 0 Å². The van der Waals surface area contributed by atoms with Crippen molar-refractivity contribution in [3.63, 3.8) is 0 Å². The van der Waals surface area contributed by atoms with Gasteiger partial charge in [0.2, 0.25) is 0 Å². The fourth-order valence-electron chi connectivity index (χ4n) is 3.52. The first-order valence-electron chi connectivity index (χ1n) is 7.35. The van der Waals surface area contributed by atoms with E-state index in [2.05, 4.69) is 15.1 Å². The molecule has 7 heteroatoms. The van der Waals surface area contributed by atoms with Gasteiger partial charge >= 0.3 is 0 Å². The van der Waals surface area contributed by atoms with Crippen LogP contribution in [-0.4, -0.2) is 29.3 Å². The smallest absolute Gasteiger partial charge is 0.151 e. The van der Waals surface area contributed by atoms with Gasteiger partial charge in [0.1, 0.15) is 11.3 Å². The molecule has 3 N–H and O–H groups in total. The predicted molar refractivity (Wildman–Crippen MR) is 81.3 cm³/mol. The number of fused-ring (bicyclic) bond motifs is 2. The molecule has 3 aromatic rings. The van der Waals surface area contributed by atoms with Crippen molar-refractivity contribution in [2.75, 3.05) is 5.73 Å². The Morgan fingerprint density at radius 3 is 3.05 bits per heavy atom. The van der Waals surface area contributed by atoms with E-state index in [0.29, 0.717) is 18.1 Å². The first-order valence-corrected chi connectivity index (χ1v) is 7.35. The van der Waals surface area contributed by atoms with Gasteiger partial charge in [-0.3, -0.25) is 9.08 Å². The summed E-state index contributed by atoms with van der Waals surface area (Å²) in [5.74, 6) is 1.01. The monoisotopic (exact) mass is 298 g/mol. The summed E-state index contributed by atoms with van der Waals surface area (Å²) < 4.78 is 3.68. The van der Waals surface area contributed by atoms with Crippen LogP contribution < -0.4 is 5.73 Å². The van der Waals surface area contributed by atoms with Crippen LogP contribution in [0.4, 0.5) is 5.82 Å². The zero-order valence-corrected chi connectivity index (χ0v) is 12.6. The summed E-state index contributed by atoms with van der Waals surface area (Å²) in [6.45, 7) is 1.88. The molecule has 0 saturated carbocycles. The molecule has 3 aromatic heterocycles. The predicted octanol–water partition coefficient (Wildman–Crippen LogP) is 0.926. The molecule has 4 rings (SSSR count). The summed E-state index contributed by atoms with van der Waals surface area (Å²) in [7, 11) is 1.90. The topological polar surface area (TPSA) is 94.3 Å². The molecule has 114 valence electrons. The number of imidazole rings is 1. The Hall–Kier alpha value is -2.41.